The smallest absolute Gasteiger partial charge is 0.319 e. The molecule has 2 amide bonds. The molecule has 5 nitrogen and oxygen atoms in total. The second-order valence-corrected chi connectivity index (χ2v) is 6.76. The van der Waals surface area contributed by atoms with E-state index < -0.39 is 0 Å². The number of hydrogen-bond donors (Lipinski definition) is 3. The first-order chi connectivity index (χ1) is 12.7. The van der Waals surface area contributed by atoms with Crippen LogP contribution in [0.3, 0.4) is 0 Å². The van der Waals surface area contributed by atoms with Gasteiger partial charge in [-0.05, 0) is 55.5 Å². The molecule has 0 aromatic heterocycles. The highest BCUT2D eigenvalue weighted by atomic mass is 16.2. The Morgan fingerprint density at radius 3 is 2.85 bits per heavy atom. The fraction of sp³-hybridized carbons (Fsp3) is 0.333. The van der Waals surface area contributed by atoms with Crippen LogP contribution in [0.2, 0.25) is 0 Å². The van der Waals surface area contributed by atoms with Crippen LogP contribution < -0.4 is 16.0 Å². The summed E-state index contributed by atoms with van der Waals surface area (Å²) in [5.41, 5.74) is 2.53. The molecule has 1 aliphatic rings. The second-order valence-electron chi connectivity index (χ2n) is 6.76. The van der Waals surface area contributed by atoms with Crippen molar-refractivity contribution in [3.8, 4) is 6.07 Å². The molecule has 2 aromatic carbocycles. The van der Waals surface area contributed by atoms with Gasteiger partial charge >= 0.3 is 6.03 Å². The molecule has 1 aliphatic heterocycles. The lowest BCUT2D eigenvalue weighted by molar-refractivity contribution is 0.246. The largest absolute Gasteiger partial charge is 0.336 e. The molecule has 0 radical (unpaired) electrons. The first-order valence-electron chi connectivity index (χ1n) is 9.05. The zero-order chi connectivity index (χ0) is 18.2. The Hall–Kier alpha value is -2.84. The van der Waals surface area contributed by atoms with Crippen molar-refractivity contribution in [2.45, 2.75) is 25.3 Å². The minimum Gasteiger partial charge on any atom is -0.336 e. The molecule has 0 bridgehead atoms. The summed E-state index contributed by atoms with van der Waals surface area (Å²) in [7, 11) is 0. The van der Waals surface area contributed by atoms with Crippen molar-refractivity contribution in [2.75, 3.05) is 18.4 Å². The molecule has 3 rings (SSSR count). The molecule has 0 aliphatic carbocycles. The maximum atomic E-state index is 12.1. The van der Waals surface area contributed by atoms with Gasteiger partial charge in [-0.25, -0.2) is 4.79 Å². The van der Waals surface area contributed by atoms with E-state index in [1.165, 1.54) is 12.0 Å². The van der Waals surface area contributed by atoms with Gasteiger partial charge in [-0.2, -0.15) is 5.26 Å². The maximum Gasteiger partial charge on any atom is 0.319 e. The predicted octanol–water partition coefficient (Wildman–Crippen LogP) is 3.29. The van der Waals surface area contributed by atoms with E-state index in [0.717, 1.165) is 19.4 Å². The molecule has 0 unspecified atom stereocenters. The van der Waals surface area contributed by atoms with Gasteiger partial charge in [0.25, 0.3) is 0 Å². The van der Waals surface area contributed by atoms with Crippen molar-refractivity contribution >= 4 is 11.7 Å². The Kier molecular flexibility index (Phi) is 6.24. The van der Waals surface area contributed by atoms with Crippen molar-refractivity contribution in [2.24, 2.45) is 5.92 Å². The molecule has 3 N–H and O–H groups in total. The Balaban J connectivity index is 1.45. The minimum absolute atomic E-state index is 0.243. The summed E-state index contributed by atoms with van der Waals surface area (Å²) < 4.78 is 0. The zero-order valence-corrected chi connectivity index (χ0v) is 14.7. The van der Waals surface area contributed by atoms with E-state index in [0.29, 0.717) is 23.7 Å². The van der Waals surface area contributed by atoms with Gasteiger partial charge in [0.15, 0.2) is 0 Å². The fourth-order valence-corrected chi connectivity index (χ4v) is 3.44. The number of carbonyl (C=O) groups is 1. The molecular formula is C21H24N4O. The molecule has 5 heteroatoms. The van der Waals surface area contributed by atoms with Gasteiger partial charge in [0.2, 0.25) is 0 Å². The first kappa shape index (κ1) is 18.0. The molecule has 2 aromatic rings. The molecule has 1 saturated heterocycles. The van der Waals surface area contributed by atoms with Crippen molar-refractivity contribution in [3.63, 3.8) is 0 Å². The van der Waals surface area contributed by atoms with E-state index in [4.69, 9.17) is 5.26 Å². The molecule has 2 atom stereocenters. The fourth-order valence-electron chi connectivity index (χ4n) is 3.44. The lowest BCUT2D eigenvalue weighted by Gasteiger charge is -2.30. The number of nitrogens with zero attached hydrogens (tertiary/aromatic N) is 1. The average molecular weight is 348 g/mol. The molecule has 0 spiro atoms. The van der Waals surface area contributed by atoms with Crippen LogP contribution in [0.5, 0.6) is 0 Å². The number of benzene rings is 2. The minimum atomic E-state index is -0.243. The predicted molar refractivity (Wildman–Crippen MR) is 103 cm³/mol. The summed E-state index contributed by atoms with van der Waals surface area (Å²) in [6, 6.07) is 19.6. The van der Waals surface area contributed by atoms with Crippen molar-refractivity contribution in [1.29, 1.82) is 5.26 Å². The highest BCUT2D eigenvalue weighted by Crippen LogP contribution is 2.21. The standard InChI is InChI=1S/C21H24N4O/c22-14-18-7-4-8-19(13-18)25-21(26)24-15-20-12-17(9-10-23-20)11-16-5-2-1-3-6-16/h1-8,13,17,20,23H,9-12,15H2,(H2,24,25,26)/t17-,20-/m0/s1. The second kappa shape index (κ2) is 9.02. The third-order valence-electron chi connectivity index (χ3n) is 4.73. The summed E-state index contributed by atoms with van der Waals surface area (Å²) in [5.74, 6) is 0.640. The van der Waals surface area contributed by atoms with Gasteiger partial charge in [-0.1, -0.05) is 36.4 Å². The Bertz CT molecular complexity index is 769. The van der Waals surface area contributed by atoms with E-state index in [9.17, 15) is 4.79 Å². The number of nitrogens with one attached hydrogen (secondary N) is 3. The molecule has 134 valence electrons. The first-order valence-corrected chi connectivity index (χ1v) is 9.05. The van der Waals surface area contributed by atoms with E-state index in [2.05, 4.69) is 46.3 Å². The van der Waals surface area contributed by atoms with E-state index in [1.807, 2.05) is 6.07 Å². The van der Waals surface area contributed by atoms with Gasteiger partial charge in [0.05, 0.1) is 11.6 Å². The number of carbonyl (C=O) groups excluding carboxylic acids is 1. The highest BCUT2D eigenvalue weighted by Gasteiger charge is 2.22. The Morgan fingerprint density at radius 2 is 2.04 bits per heavy atom. The normalized spacial score (nSPS) is 19.3. The van der Waals surface area contributed by atoms with Gasteiger partial charge in [-0.3, -0.25) is 0 Å². The molecule has 0 saturated carbocycles. The summed E-state index contributed by atoms with van der Waals surface area (Å²) in [4.78, 5) is 12.1. The van der Waals surface area contributed by atoms with Gasteiger partial charge < -0.3 is 16.0 Å². The molecule has 1 heterocycles. The third kappa shape index (κ3) is 5.33. The lowest BCUT2D eigenvalue weighted by atomic mass is 9.87. The van der Waals surface area contributed by atoms with Crippen molar-refractivity contribution in [1.82, 2.24) is 10.6 Å². The lowest BCUT2D eigenvalue weighted by Crippen LogP contribution is -2.47. The quantitative estimate of drug-likeness (QED) is 0.776. The topological polar surface area (TPSA) is 77.0 Å². The zero-order valence-electron chi connectivity index (χ0n) is 14.7. The number of anilines is 1. The summed E-state index contributed by atoms with van der Waals surface area (Å²) in [6.45, 7) is 1.57. The Labute approximate surface area is 154 Å². The van der Waals surface area contributed by atoms with Crippen LogP contribution >= 0.6 is 0 Å². The van der Waals surface area contributed by atoms with Gasteiger partial charge in [0.1, 0.15) is 0 Å². The van der Waals surface area contributed by atoms with Crippen LogP contribution in [0, 0.1) is 17.2 Å². The molecular weight excluding hydrogens is 324 g/mol. The number of amides is 2. The number of nitriles is 1. The molecule has 26 heavy (non-hydrogen) atoms. The van der Waals surface area contributed by atoms with E-state index in [1.54, 1.807) is 24.3 Å². The summed E-state index contributed by atoms with van der Waals surface area (Å²) >= 11 is 0. The highest BCUT2D eigenvalue weighted by molar-refractivity contribution is 5.89. The number of rotatable bonds is 5. The van der Waals surface area contributed by atoms with Crippen LogP contribution in [-0.4, -0.2) is 25.2 Å². The number of hydrogen-bond acceptors (Lipinski definition) is 3. The van der Waals surface area contributed by atoms with E-state index >= 15 is 0 Å². The van der Waals surface area contributed by atoms with Gasteiger partial charge in [-0.15, -0.1) is 0 Å². The van der Waals surface area contributed by atoms with Crippen LogP contribution in [0.15, 0.2) is 54.6 Å². The van der Waals surface area contributed by atoms with Crippen LogP contribution in [0.4, 0.5) is 10.5 Å². The van der Waals surface area contributed by atoms with E-state index in [-0.39, 0.29) is 12.1 Å². The average Bonchev–Trinajstić information content (AvgIpc) is 2.68. The maximum absolute atomic E-state index is 12.1. The number of piperidine rings is 1. The SMILES string of the molecule is N#Cc1cccc(NC(=O)NC[C@@H]2C[C@H](Cc3ccccc3)CCN2)c1. The van der Waals surface area contributed by atoms with Crippen molar-refractivity contribution in [3.05, 3.63) is 65.7 Å². The Morgan fingerprint density at radius 1 is 1.19 bits per heavy atom. The van der Waals surface area contributed by atoms with Crippen LogP contribution in [-0.2, 0) is 6.42 Å². The molecule has 1 fully saturated rings. The van der Waals surface area contributed by atoms with Gasteiger partial charge in [0, 0.05) is 18.3 Å². The summed E-state index contributed by atoms with van der Waals surface area (Å²) in [5, 5.41) is 18.1. The van der Waals surface area contributed by atoms with Crippen LogP contribution in [0.25, 0.3) is 0 Å². The summed E-state index contributed by atoms with van der Waals surface area (Å²) in [6.07, 6.45) is 3.31. The third-order valence-corrected chi connectivity index (χ3v) is 4.73. The van der Waals surface area contributed by atoms with Crippen LogP contribution in [0.1, 0.15) is 24.0 Å². The number of urea groups is 1. The van der Waals surface area contributed by atoms with Crippen molar-refractivity contribution < 1.29 is 4.79 Å². The monoisotopic (exact) mass is 348 g/mol.